The quantitative estimate of drug-likeness (QED) is 0.758. The Bertz CT molecular complexity index is 721. The predicted octanol–water partition coefficient (Wildman–Crippen LogP) is 4.16. The number of nitrogens with zero attached hydrogens (tertiary/aromatic N) is 2. The normalized spacial score (nSPS) is 30.8. The molecule has 0 radical (unpaired) electrons. The second-order valence-corrected chi connectivity index (χ2v) is 9.47. The molecule has 1 aromatic carbocycles. The number of aromatic hydroxyl groups is 1. The van der Waals surface area contributed by atoms with Crippen LogP contribution in [-0.4, -0.2) is 46.6 Å². The van der Waals surface area contributed by atoms with Crippen molar-refractivity contribution in [2.75, 3.05) is 19.6 Å². The lowest BCUT2D eigenvalue weighted by Gasteiger charge is -2.61. The van der Waals surface area contributed by atoms with Gasteiger partial charge in [-0.15, -0.1) is 0 Å². The standard InChI is InChI=1S/C22H32N2O2/c1-15-8-11-23(12-9-15)20(26)24-13-10-22(4)17-6-5-7-18(25)16(17)14-19(24)21(22,2)3/h5-7,15,19,25H,8-14H2,1-4H3/t19-,22+/m1/s1. The van der Waals surface area contributed by atoms with Crippen LogP contribution in [0.4, 0.5) is 4.79 Å². The van der Waals surface area contributed by atoms with Gasteiger partial charge in [0, 0.05) is 31.1 Å². The molecule has 3 aliphatic rings. The van der Waals surface area contributed by atoms with Crippen molar-refractivity contribution in [2.24, 2.45) is 11.3 Å². The number of carbonyl (C=O) groups excluding carboxylic acids is 1. The van der Waals surface area contributed by atoms with Crippen molar-refractivity contribution in [2.45, 2.75) is 64.8 Å². The monoisotopic (exact) mass is 356 g/mol. The molecule has 2 bridgehead atoms. The van der Waals surface area contributed by atoms with Gasteiger partial charge < -0.3 is 14.9 Å². The Hall–Kier alpha value is -1.71. The van der Waals surface area contributed by atoms with E-state index in [-0.39, 0.29) is 22.9 Å². The van der Waals surface area contributed by atoms with Crippen LogP contribution in [0.2, 0.25) is 0 Å². The number of hydrogen-bond acceptors (Lipinski definition) is 2. The second-order valence-electron chi connectivity index (χ2n) is 9.47. The molecule has 4 heteroatoms. The lowest BCUT2D eigenvalue weighted by molar-refractivity contribution is -0.0253. The van der Waals surface area contributed by atoms with Crippen molar-refractivity contribution >= 4 is 6.03 Å². The molecule has 0 unspecified atom stereocenters. The summed E-state index contributed by atoms with van der Waals surface area (Å²) in [6.07, 6.45) is 3.91. The van der Waals surface area contributed by atoms with Crippen LogP contribution in [0.5, 0.6) is 5.75 Å². The SMILES string of the molecule is CC1CCN(C(=O)N2CC[C@@]3(C)c4cccc(O)c4C[C@@H]2C3(C)C)CC1. The third-order valence-electron chi connectivity index (χ3n) is 7.93. The van der Waals surface area contributed by atoms with Crippen LogP contribution in [0, 0.1) is 11.3 Å². The van der Waals surface area contributed by atoms with Gasteiger partial charge in [-0.25, -0.2) is 4.79 Å². The van der Waals surface area contributed by atoms with E-state index in [1.807, 2.05) is 6.07 Å². The fourth-order valence-corrected chi connectivity index (χ4v) is 5.54. The van der Waals surface area contributed by atoms with Crippen molar-refractivity contribution in [3.63, 3.8) is 0 Å². The van der Waals surface area contributed by atoms with Crippen molar-refractivity contribution in [1.82, 2.24) is 9.80 Å². The van der Waals surface area contributed by atoms with Crippen LogP contribution in [0.25, 0.3) is 0 Å². The topological polar surface area (TPSA) is 43.8 Å². The summed E-state index contributed by atoms with van der Waals surface area (Å²) >= 11 is 0. The first-order chi connectivity index (χ1) is 12.3. The Labute approximate surface area is 157 Å². The molecule has 0 saturated carbocycles. The van der Waals surface area contributed by atoms with Gasteiger partial charge in [-0.2, -0.15) is 0 Å². The summed E-state index contributed by atoms with van der Waals surface area (Å²) in [4.78, 5) is 17.5. The fourth-order valence-electron chi connectivity index (χ4n) is 5.54. The molecule has 142 valence electrons. The molecule has 2 fully saturated rings. The first-order valence-electron chi connectivity index (χ1n) is 10.1. The Morgan fingerprint density at radius 2 is 1.85 bits per heavy atom. The van der Waals surface area contributed by atoms with Crippen molar-refractivity contribution < 1.29 is 9.90 Å². The Balaban J connectivity index is 1.68. The van der Waals surface area contributed by atoms with E-state index >= 15 is 0 Å². The van der Waals surface area contributed by atoms with E-state index in [1.165, 1.54) is 5.56 Å². The van der Waals surface area contributed by atoms with Crippen LogP contribution in [0.1, 0.15) is 58.1 Å². The molecule has 2 saturated heterocycles. The summed E-state index contributed by atoms with van der Waals surface area (Å²) in [5.41, 5.74) is 2.28. The molecule has 1 aliphatic carbocycles. The van der Waals surface area contributed by atoms with E-state index in [0.29, 0.717) is 5.75 Å². The van der Waals surface area contributed by atoms with Gasteiger partial charge in [-0.1, -0.05) is 39.8 Å². The fraction of sp³-hybridized carbons (Fsp3) is 0.682. The number of fused-ring (bicyclic) bond motifs is 4. The van der Waals surface area contributed by atoms with E-state index < -0.39 is 0 Å². The maximum Gasteiger partial charge on any atom is 0.320 e. The molecule has 26 heavy (non-hydrogen) atoms. The maximum atomic E-state index is 13.3. The highest BCUT2D eigenvalue weighted by atomic mass is 16.3. The number of piperidine rings is 2. The van der Waals surface area contributed by atoms with Crippen molar-refractivity contribution in [3.8, 4) is 5.75 Å². The number of rotatable bonds is 0. The number of benzene rings is 1. The summed E-state index contributed by atoms with van der Waals surface area (Å²) in [6.45, 7) is 11.8. The number of phenols is 1. The van der Waals surface area contributed by atoms with Gasteiger partial charge in [0.15, 0.2) is 0 Å². The molecule has 2 aliphatic heterocycles. The summed E-state index contributed by atoms with van der Waals surface area (Å²) in [7, 11) is 0. The van der Waals surface area contributed by atoms with Crippen molar-refractivity contribution in [1.29, 1.82) is 0 Å². The van der Waals surface area contributed by atoms with Gasteiger partial charge in [0.05, 0.1) is 0 Å². The highest BCUT2D eigenvalue weighted by Crippen LogP contribution is 2.57. The van der Waals surface area contributed by atoms with E-state index in [1.54, 1.807) is 6.07 Å². The Kier molecular flexibility index (Phi) is 4.01. The average molecular weight is 357 g/mol. The van der Waals surface area contributed by atoms with Crippen LogP contribution >= 0.6 is 0 Å². The molecule has 2 amide bonds. The van der Waals surface area contributed by atoms with Crippen LogP contribution in [-0.2, 0) is 11.8 Å². The van der Waals surface area contributed by atoms with Crippen LogP contribution in [0.3, 0.4) is 0 Å². The zero-order valence-electron chi connectivity index (χ0n) is 16.6. The smallest absolute Gasteiger partial charge is 0.320 e. The molecular formula is C22H32N2O2. The molecule has 1 aromatic rings. The molecule has 4 nitrogen and oxygen atoms in total. The zero-order valence-corrected chi connectivity index (χ0v) is 16.6. The van der Waals surface area contributed by atoms with Gasteiger partial charge in [0.1, 0.15) is 5.75 Å². The molecule has 0 aromatic heterocycles. The maximum absolute atomic E-state index is 13.3. The summed E-state index contributed by atoms with van der Waals surface area (Å²) in [5.74, 6) is 1.11. The number of phenolic OH excluding ortho intramolecular Hbond substituents is 1. The van der Waals surface area contributed by atoms with E-state index in [2.05, 4.69) is 43.6 Å². The third kappa shape index (κ3) is 2.37. The summed E-state index contributed by atoms with van der Waals surface area (Å²) < 4.78 is 0. The van der Waals surface area contributed by atoms with E-state index in [4.69, 9.17) is 0 Å². The number of urea groups is 1. The van der Waals surface area contributed by atoms with E-state index in [0.717, 1.165) is 56.8 Å². The van der Waals surface area contributed by atoms with Gasteiger partial charge in [-0.3, -0.25) is 0 Å². The van der Waals surface area contributed by atoms with Crippen molar-refractivity contribution in [3.05, 3.63) is 29.3 Å². The molecule has 1 N–H and O–H groups in total. The minimum atomic E-state index is -0.0230. The number of hydrogen-bond donors (Lipinski definition) is 1. The average Bonchev–Trinajstić information content (AvgIpc) is 2.59. The summed E-state index contributed by atoms with van der Waals surface area (Å²) in [5, 5.41) is 10.5. The first kappa shape index (κ1) is 17.7. The lowest BCUT2D eigenvalue weighted by atomic mass is 9.51. The number of carbonyl (C=O) groups is 1. The van der Waals surface area contributed by atoms with Crippen LogP contribution < -0.4 is 0 Å². The third-order valence-corrected chi connectivity index (χ3v) is 7.93. The molecule has 2 atom stereocenters. The predicted molar refractivity (Wildman–Crippen MR) is 103 cm³/mol. The van der Waals surface area contributed by atoms with E-state index in [9.17, 15) is 9.90 Å². The minimum absolute atomic E-state index is 0.0167. The zero-order chi connectivity index (χ0) is 18.7. The van der Waals surface area contributed by atoms with Gasteiger partial charge in [0.25, 0.3) is 0 Å². The first-order valence-corrected chi connectivity index (χ1v) is 10.1. The Morgan fingerprint density at radius 1 is 1.15 bits per heavy atom. The van der Waals surface area contributed by atoms with Crippen LogP contribution in [0.15, 0.2) is 18.2 Å². The lowest BCUT2D eigenvalue weighted by Crippen LogP contribution is -2.66. The Morgan fingerprint density at radius 3 is 2.54 bits per heavy atom. The largest absolute Gasteiger partial charge is 0.508 e. The highest BCUT2D eigenvalue weighted by Gasteiger charge is 2.57. The second kappa shape index (κ2) is 5.90. The molecule has 2 heterocycles. The minimum Gasteiger partial charge on any atom is -0.508 e. The molecular weight excluding hydrogens is 324 g/mol. The highest BCUT2D eigenvalue weighted by molar-refractivity contribution is 5.76. The van der Waals surface area contributed by atoms with Gasteiger partial charge in [-0.05, 0) is 54.2 Å². The molecule has 0 spiro atoms. The number of likely N-dealkylation sites (tertiary alicyclic amines) is 2. The number of amides is 2. The van der Waals surface area contributed by atoms with Gasteiger partial charge >= 0.3 is 6.03 Å². The van der Waals surface area contributed by atoms with Gasteiger partial charge in [0.2, 0.25) is 0 Å². The summed E-state index contributed by atoms with van der Waals surface area (Å²) in [6, 6.07) is 6.26. The molecule has 4 rings (SSSR count).